The molecule has 0 spiro atoms. The van der Waals surface area contributed by atoms with Gasteiger partial charge in [-0.25, -0.2) is 4.98 Å². The zero-order chi connectivity index (χ0) is 12.8. The first-order valence-corrected chi connectivity index (χ1v) is 7.06. The van der Waals surface area contributed by atoms with Gasteiger partial charge >= 0.3 is 0 Å². The SMILES string of the molecule is O=C(CCC1CCCCO1)Nc1ccc(Br)nc1. The minimum Gasteiger partial charge on any atom is -0.378 e. The Labute approximate surface area is 115 Å². The van der Waals surface area contributed by atoms with Crippen LogP contribution < -0.4 is 5.32 Å². The molecule has 1 atom stereocenters. The van der Waals surface area contributed by atoms with Crippen molar-refractivity contribution in [1.82, 2.24) is 4.98 Å². The normalized spacial score (nSPS) is 19.5. The minimum absolute atomic E-state index is 0.0216. The predicted molar refractivity (Wildman–Crippen MR) is 73.4 cm³/mol. The van der Waals surface area contributed by atoms with Crippen LogP contribution in [0.4, 0.5) is 5.69 Å². The number of nitrogens with zero attached hydrogens (tertiary/aromatic N) is 1. The first kappa shape index (κ1) is 13.5. The standard InChI is InChI=1S/C13H17BrN2O2/c14-12-6-4-10(9-15-12)16-13(17)7-5-11-3-1-2-8-18-11/h4,6,9,11H,1-3,5,7-8H2,(H,16,17). The summed E-state index contributed by atoms with van der Waals surface area (Å²) in [6, 6.07) is 3.63. The Morgan fingerprint density at radius 1 is 1.50 bits per heavy atom. The highest BCUT2D eigenvalue weighted by atomic mass is 79.9. The van der Waals surface area contributed by atoms with Gasteiger partial charge in [-0.05, 0) is 53.7 Å². The van der Waals surface area contributed by atoms with Crippen LogP contribution in [0.2, 0.25) is 0 Å². The number of halogens is 1. The molecule has 1 aromatic heterocycles. The van der Waals surface area contributed by atoms with E-state index in [0.29, 0.717) is 6.42 Å². The number of amides is 1. The number of pyridine rings is 1. The maximum absolute atomic E-state index is 11.7. The molecule has 0 aromatic carbocycles. The monoisotopic (exact) mass is 312 g/mol. The number of hydrogen-bond acceptors (Lipinski definition) is 3. The second-order valence-corrected chi connectivity index (χ2v) is 5.26. The summed E-state index contributed by atoms with van der Waals surface area (Å²) in [6.07, 6.45) is 6.63. The molecule has 1 amide bonds. The number of ether oxygens (including phenoxy) is 1. The van der Waals surface area contributed by atoms with E-state index in [-0.39, 0.29) is 12.0 Å². The van der Waals surface area contributed by atoms with Crippen LogP contribution in [0.5, 0.6) is 0 Å². The van der Waals surface area contributed by atoms with E-state index in [1.165, 1.54) is 6.42 Å². The molecule has 4 nitrogen and oxygen atoms in total. The van der Waals surface area contributed by atoms with Gasteiger partial charge in [0.15, 0.2) is 0 Å². The van der Waals surface area contributed by atoms with Crippen LogP contribution in [0, 0.1) is 0 Å². The third kappa shape index (κ3) is 4.38. The average Bonchev–Trinajstić information content (AvgIpc) is 2.40. The smallest absolute Gasteiger partial charge is 0.224 e. The summed E-state index contributed by atoms with van der Waals surface area (Å²) in [7, 11) is 0. The lowest BCUT2D eigenvalue weighted by molar-refractivity contribution is -0.117. The molecule has 1 unspecified atom stereocenters. The lowest BCUT2D eigenvalue weighted by Gasteiger charge is -2.22. The fourth-order valence-corrected chi connectivity index (χ4v) is 2.23. The van der Waals surface area contributed by atoms with Crippen molar-refractivity contribution in [2.45, 2.75) is 38.2 Å². The number of anilines is 1. The zero-order valence-electron chi connectivity index (χ0n) is 10.2. The van der Waals surface area contributed by atoms with Gasteiger partial charge in [0, 0.05) is 13.0 Å². The van der Waals surface area contributed by atoms with Gasteiger partial charge in [0.1, 0.15) is 4.60 Å². The van der Waals surface area contributed by atoms with E-state index >= 15 is 0 Å². The first-order valence-electron chi connectivity index (χ1n) is 6.27. The Morgan fingerprint density at radius 3 is 3.06 bits per heavy atom. The summed E-state index contributed by atoms with van der Waals surface area (Å²) in [5.74, 6) is 0.0216. The fraction of sp³-hybridized carbons (Fsp3) is 0.538. The van der Waals surface area contributed by atoms with Gasteiger partial charge < -0.3 is 10.1 Å². The van der Waals surface area contributed by atoms with Gasteiger partial charge in [0.25, 0.3) is 0 Å². The molecular formula is C13H17BrN2O2. The van der Waals surface area contributed by atoms with Gasteiger partial charge in [-0.3, -0.25) is 4.79 Å². The van der Waals surface area contributed by atoms with E-state index in [1.807, 2.05) is 6.07 Å². The van der Waals surface area contributed by atoms with Gasteiger partial charge in [0.05, 0.1) is 18.0 Å². The van der Waals surface area contributed by atoms with E-state index in [1.54, 1.807) is 12.3 Å². The van der Waals surface area contributed by atoms with Crippen LogP contribution in [0.15, 0.2) is 22.9 Å². The molecule has 0 radical (unpaired) electrons. The Hall–Kier alpha value is -0.940. The molecule has 0 aliphatic carbocycles. The number of hydrogen-bond donors (Lipinski definition) is 1. The lowest BCUT2D eigenvalue weighted by atomic mass is 10.0. The predicted octanol–water partition coefficient (Wildman–Crippen LogP) is 3.13. The molecule has 0 bridgehead atoms. The van der Waals surface area contributed by atoms with E-state index in [0.717, 1.165) is 36.2 Å². The summed E-state index contributed by atoms with van der Waals surface area (Å²) in [5.41, 5.74) is 0.729. The highest BCUT2D eigenvalue weighted by Crippen LogP contribution is 2.17. The molecule has 18 heavy (non-hydrogen) atoms. The molecule has 5 heteroatoms. The van der Waals surface area contributed by atoms with Crippen LogP contribution in [-0.2, 0) is 9.53 Å². The Balaban J connectivity index is 1.73. The fourth-order valence-electron chi connectivity index (χ4n) is 2.00. The van der Waals surface area contributed by atoms with Crippen LogP contribution in [-0.4, -0.2) is 23.6 Å². The summed E-state index contributed by atoms with van der Waals surface area (Å²) in [6.45, 7) is 0.836. The third-order valence-corrected chi connectivity index (χ3v) is 3.45. The van der Waals surface area contributed by atoms with Crippen molar-refractivity contribution in [3.05, 3.63) is 22.9 Å². The van der Waals surface area contributed by atoms with Crippen LogP contribution >= 0.6 is 15.9 Å². The van der Waals surface area contributed by atoms with Crippen molar-refractivity contribution in [1.29, 1.82) is 0 Å². The maximum Gasteiger partial charge on any atom is 0.224 e. The molecule has 1 aliphatic rings. The third-order valence-electron chi connectivity index (χ3n) is 2.98. The van der Waals surface area contributed by atoms with E-state index in [2.05, 4.69) is 26.2 Å². The molecule has 1 N–H and O–H groups in total. The molecule has 0 saturated carbocycles. The van der Waals surface area contributed by atoms with Gasteiger partial charge in [-0.15, -0.1) is 0 Å². The zero-order valence-corrected chi connectivity index (χ0v) is 11.8. The Bertz CT molecular complexity index is 388. The number of rotatable bonds is 4. The topological polar surface area (TPSA) is 51.2 Å². The maximum atomic E-state index is 11.7. The minimum atomic E-state index is 0.0216. The van der Waals surface area contributed by atoms with Crippen LogP contribution in [0.25, 0.3) is 0 Å². The van der Waals surface area contributed by atoms with Crippen molar-refractivity contribution >= 4 is 27.5 Å². The summed E-state index contributed by atoms with van der Waals surface area (Å²) in [5, 5.41) is 2.83. The van der Waals surface area contributed by atoms with Crippen molar-refractivity contribution in [2.24, 2.45) is 0 Å². The highest BCUT2D eigenvalue weighted by Gasteiger charge is 2.15. The van der Waals surface area contributed by atoms with Crippen LogP contribution in [0.1, 0.15) is 32.1 Å². The van der Waals surface area contributed by atoms with Crippen molar-refractivity contribution in [3.8, 4) is 0 Å². The lowest BCUT2D eigenvalue weighted by Crippen LogP contribution is -2.21. The molecule has 1 fully saturated rings. The molecule has 2 heterocycles. The van der Waals surface area contributed by atoms with Crippen molar-refractivity contribution in [3.63, 3.8) is 0 Å². The Morgan fingerprint density at radius 2 is 2.39 bits per heavy atom. The molecular weight excluding hydrogens is 296 g/mol. The number of aromatic nitrogens is 1. The van der Waals surface area contributed by atoms with Crippen molar-refractivity contribution < 1.29 is 9.53 Å². The van der Waals surface area contributed by atoms with Gasteiger partial charge in [-0.2, -0.15) is 0 Å². The van der Waals surface area contributed by atoms with Crippen molar-refractivity contribution in [2.75, 3.05) is 11.9 Å². The summed E-state index contributed by atoms with van der Waals surface area (Å²) < 4.78 is 6.36. The largest absolute Gasteiger partial charge is 0.378 e. The second-order valence-electron chi connectivity index (χ2n) is 4.45. The number of carbonyl (C=O) groups excluding carboxylic acids is 1. The first-order chi connectivity index (χ1) is 8.74. The quantitative estimate of drug-likeness (QED) is 0.869. The molecule has 98 valence electrons. The number of carbonyl (C=O) groups is 1. The highest BCUT2D eigenvalue weighted by molar-refractivity contribution is 9.10. The van der Waals surface area contributed by atoms with Crippen LogP contribution in [0.3, 0.4) is 0 Å². The molecule has 1 aliphatic heterocycles. The van der Waals surface area contributed by atoms with Gasteiger partial charge in [-0.1, -0.05) is 0 Å². The second kappa shape index (κ2) is 6.85. The van der Waals surface area contributed by atoms with E-state index in [9.17, 15) is 4.79 Å². The Kier molecular flexibility index (Phi) is 5.13. The molecule has 1 saturated heterocycles. The van der Waals surface area contributed by atoms with E-state index < -0.39 is 0 Å². The molecule has 1 aromatic rings. The van der Waals surface area contributed by atoms with E-state index in [4.69, 9.17) is 4.74 Å². The van der Waals surface area contributed by atoms with Gasteiger partial charge in [0.2, 0.25) is 5.91 Å². The molecule has 2 rings (SSSR count). The summed E-state index contributed by atoms with van der Waals surface area (Å²) >= 11 is 3.25. The summed E-state index contributed by atoms with van der Waals surface area (Å²) in [4.78, 5) is 15.8. The average molecular weight is 313 g/mol. The number of nitrogens with one attached hydrogen (secondary N) is 1.